The zero-order valence-corrected chi connectivity index (χ0v) is 39.4. The molecule has 2 heterocycles. The minimum absolute atomic E-state index is 0.0577. The van der Waals surface area contributed by atoms with Crippen molar-refractivity contribution in [1.82, 2.24) is 9.96 Å². The number of ketones is 1. The molecule has 60 heavy (non-hydrogen) atoms. The third kappa shape index (κ3) is 11.6. The number of rotatable bonds is 20. The van der Waals surface area contributed by atoms with Gasteiger partial charge in [0.15, 0.2) is 5.71 Å². The molecule has 0 N–H and O–H groups in total. The standard InChI is InChI=1S/C46H61N4O7S2Si/c1-46(2,59-58-31-56-28-13-12-18-43(54)57-50-41(52)23-24-42(50)53)26-25-34(51)15-14-27-49(7)45(55)36-17-11-10-16-35(36)44-37-21-19-32(47(3)4)29-39(37)60(8,9)40-30-33(48(5)6)20-22-38(40)44/h10-11,16-17,19-22,29-30H,12-15,18,23-28,31H2,1-9H3/q+1. The van der Waals surface area contributed by atoms with Crippen LogP contribution in [0.3, 0.4) is 0 Å². The molecule has 0 radical (unpaired) electrons. The van der Waals surface area contributed by atoms with E-state index in [1.807, 2.05) is 25.2 Å². The van der Waals surface area contributed by atoms with Gasteiger partial charge in [-0.2, -0.15) is 0 Å². The summed E-state index contributed by atoms with van der Waals surface area (Å²) < 4.78 is 7.72. The largest absolute Gasteiger partial charge is 0.378 e. The van der Waals surface area contributed by atoms with Crippen LogP contribution in [0.15, 0.2) is 71.5 Å². The molecular weight excluding hydrogens is 813 g/mol. The van der Waals surface area contributed by atoms with Gasteiger partial charge < -0.3 is 19.4 Å². The van der Waals surface area contributed by atoms with Gasteiger partial charge in [-0.05, 0) is 96.5 Å². The maximum Gasteiger partial charge on any atom is 0.333 e. The number of allylic oxidation sites excluding steroid dienone is 5. The molecule has 0 aromatic heterocycles. The molecule has 2 aromatic carbocycles. The molecule has 1 fully saturated rings. The molecule has 3 amide bonds. The van der Waals surface area contributed by atoms with E-state index in [2.05, 4.69) is 107 Å². The van der Waals surface area contributed by atoms with E-state index in [9.17, 15) is 24.0 Å². The molecule has 0 bridgehead atoms. The number of ether oxygens (including phenoxy) is 1. The summed E-state index contributed by atoms with van der Waals surface area (Å²) in [5.41, 5.74) is 7.37. The Kier molecular flexibility index (Phi) is 16.0. The van der Waals surface area contributed by atoms with E-state index in [0.29, 0.717) is 61.8 Å². The molecule has 5 rings (SSSR count). The van der Waals surface area contributed by atoms with Crippen LogP contribution in [0.1, 0.15) is 93.1 Å². The van der Waals surface area contributed by atoms with E-state index in [1.54, 1.807) is 26.5 Å². The molecule has 0 saturated carbocycles. The predicted octanol–water partition coefficient (Wildman–Crippen LogP) is 7.35. The Hall–Kier alpha value is -4.24. The zero-order chi connectivity index (χ0) is 43.8. The number of unbranched alkanes of at least 4 members (excludes halogenated alkanes) is 1. The Balaban J connectivity index is 1.10. The highest BCUT2D eigenvalue weighted by Gasteiger charge is 2.41. The predicted molar refractivity (Wildman–Crippen MR) is 246 cm³/mol. The van der Waals surface area contributed by atoms with E-state index < -0.39 is 25.9 Å². The average Bonchev–Trinajstić information content (AvgIpc) is 3.52. The number of benzene rings is 2. The van der Waals surface area contributed by atoms with Crippen LogP contribution >= 0.6 is 21.6 Å². The van der Waals surface area contributed by atoms with Crippen LogP contribution < -0.4 is 10.1 Å². The van der Waals surface area contributed by atoms with Crippen LogP contribution in [0, 0.1) is 0 Å². The molecule has 2 aromatic rings. The molecule has 0 unspecified atom stereocenters. The number of anilines is 1. The quantitative estimate of drug-likeness (QED) is 0.0334. The van der Waals surface area contributed by atoms with Crippen LogP contribution in [-0.2, 0) is 28.8 Å². The number of carbonyl (C=O) groups excluding carboxylic acids is 5. The van der Waals surface area contributed by atoms with E-state index in [-0.39, 0.29) is 35.7 Å². The van der Waals surface area contributed by atoms with Gasteiger partial charge in [-0.3, -0.25) is 19.2 Å². The molecular formula is C46H61N4O7S2Si+. The SMILES string of the molecule is CN(CCCC(=O)CCC(C)(C)SSCOCCCCC(=O)ON1C(=O)CCC1=O)C(=O)c1ccccc1C1=C2C=CC(=[N+](C)C)C=C2[Si](C)(C)c2cc(N(C)C)ccc21. The summed E-state index contributed by atoms with van der Waals surface area (Å²) in [6.45, 7) is 10.0. The van der Waals surface area contributed by atoms with Gasteiger partial charge in [0, 0.05) is 94.5 Å². The third-order valence-electron chi connectivity index (χ3n) is 11.2. The maximum absolute atomic E-state index is 14.2. The number of imide groups is 1. The van der Waals surface area contributed by atoms with Crippen molar-refractivity contribution in [3.8, 4) is 0 Å². The van der Waals surface area contributed by atoms with Gasteiger partial charge in [0.05, 0.1) is 0 Å². The van der Waals surface area contributed by atoms with Crippen molar-refractivity contribution in [3.05, 3.63) is 88.2 Å². The first-order valence-electron chi connectivity index (χ1n) is 20.7. The molecule has 11 nitrogen and oxygen atoms in total. The van der Waals surface area contributed by atoms with Gasteiger partial charge in [-0.15, -0.1) is 5.06 Å². The van der Waals surface area contributed by atoms with Crippen LogP contribution in [0.25, 0.3) is 5.57 Å². The first-order chi connectivity index (χ1) is 28.4. The van der Waals surface area contributed by atoms with Crippen molar-refractivity contribution in [2.24, 2.45) is 0 Å². The average molecular weight is 874 g/mol. The van der Waals surface area contributed by atoms with Crippen molar-refractivity contribution < 1.29 is 38.1 Å². The summed E-state index contributed by atoms with van der Waals surface area (Å²) in [5, 5.41) is 3.29. The number of amides is 3. The fourth-order valence-electron chi connectivity index (χ4n) is 7.54. The Morgan fingerprint density at radius 2 is 1.62 bits per heavy atom. The summed E-state index contributed by atoms with van der Waals surface area (Å²) in [6, 6.07) is 14.7. The zero-order valence-electron chi connectivity index (χ0n) is 36.7. The lowest BCUT2D eigenvalue weighted by Crippen LogP contribution is -2.49. The van der Waals surface area contributed by atoms with Gasteiger partial charge >= 0.3 is 5.97 Å². The lowest BCUT2D eigenvalue weighted by Gasteiger charge is -2.38. The van der Waals surface area contributed by atoms with E-state index in [1.165, 1.54) is 21.5 Å². The van der Waals surface area contributed by atoms with Crippen molar-refractivity contribution in [2.75, 3.05) is 59.2 Å². The number of nitrogens with zero attached hydrogens (tertiary/aromatic N) is 4. The third-order valence-corrected chi connectivity index (χ3v) is 17.7. The molecule has 2 aliphatic heterocycles. The van der Waals surface area contributed by atoms with Crippen LogP contribution in [0.5, 0.6) is 0 Å². The van der Waals surface area contributed by atoms with E-state index in [0.717, 1.165) is 29.0 Å². The molecule has 322 valence electrons. The van der Waals surface area contributed by atoms with Gasteiger partial charge in [-0.1, -0.05) is 58.9 Å². The van der Waals surface area contributed by atoms with Crippen molar-refractivity contribution >= 4 is 81.3 Å². The van der Waals surface area contributed by atoms with Gasteiger partial charge in [0.1, 0.15) is 33.9 Å². The second-order valence-electron chi connectivity index (χ2n) is 17.2. The maximum atomic E-state index is 14.2. The Labute approximate surface area is 364 Å². The topological polar surface area (TPSA) is 117 Å². The molecule has 14 heteroatoms. The van der Waals surface area contributed by atoms with Gasteiger partial charge in [0.25, 0.3) is 17.7 Å². The Morgan fingerprint density at radius 3 is 2.32 bits per heavy atom. The lowest BCUT2D eigenvalue weighted by atomic mass is 9.87. The number of hydrogen-bond donors (Lipinski definition) is 0. The fourth-order valence-corrected chi connectivity index (χ4v) is 12.9. The summed E-state index contributed by atoms with van der Waals surface area (Å²) >= 11 is 0. The minimum Gasteiger partial charge on any atom is -0.378 e. The highest BCUT2D eigenvalue weighted by molar-refractivity contribution is 8.77. The summed E-state index contributed by atoms with van der Waals surface area (Å²) in [7, 11) is 11.3. The number of fused-ring (bicyclic) bond motifs is 2. The number of Topliss-reactive ketones (excluding diaryl/α,β-unsaturated/α-hetero) is 1. The molecule has 0 atom stereocenters. The van der Waals surface area contributed by atoms with E-state index in [4.69, 9.17) is 9.57 Å². The second-order valence-corrected chi connectivity index (χ2v) is 24.4. The molecule has 3 aliphatic rings. The second kappa shape index (κ2) is 20.5. The van der Waals surface area contributed by atoms with Crippen molar-refractivity contribution in [1.29, 1.82) is 0 Å². The van der Waals surface area contributed by atoms with Gasteiger partial charge in [0.2, 0.25) is 0 Å². The summed E-state index contributed by atoms with van der Waals surface area (Å²) in [5.74, 6) is -0.960. The van der Waals surface area contributed by atoms with Crippen LogP contribution in [0.2, 0.25) is 13.1 Å². The van der Waals surface area contributed by atoms with E-state index >= 15 is 0 Å². The van der Waals surface area contributed by atoms with Crippen LogP contribution in [-0.4, -0.2) is 117 Å². The first-order valence-corrected chi connectivity index (χ1v) is 26.1. The van der Waals surface area contributed by atoms with Crippen molar-refractivity contribution in [2.45, 2.75) is 89.5 Å². The smallest absolute Gasteiger partial charge is 0.333 e. The Morgan fingerprint density at radius 1 is 0.900 bits per heavy atom. The number of hydroxylamine groups is 2. The molecule has 1 aliphatic carbocycles. The van der Waals surface area contributed by atoms with Crippen molar-refractivity contribution in [3.63, 3.8) is 0 Å². The molecule has 1 saturated heterocycles. The summed E-state index contributed by atoms with van der Waals surface area (Å²) in [4.78, 5) is 71.2. The Bertz CT molecular complexity index is 2100. The van der Waals surface area contributed by atoms with Gasteiger partial charge in [-0.25, -0.2) is 9.37 Å². The highest BCUT2D eigenvalue weighted by atomic mass is 33.1. The number of carbonyl (C=O) groups is 5. The number of hydrogen-bond acceptors (Lipinski definition) is 10. The normalized spacial score (nSPS) is 15.8. The molecule has 0 spiro atoms. The first kappa shape index (κ1) is 46.8. The monoisotopic (exact) mass is 873 g/mol. The highest BCUT2D eigenvalue weighted by Crippen LogP contribution is 2.43. The van der Waals surface area contributed by atoms with Crippen LogP contribution in [0.4, 0.5) is 5.69 Å². The summed E-state index contributed by atoms with van der Waals surface area (Å²) in [6.07, 6.45) is 10.4. The minimum atomic E-state index is -2.14. The fraction of sp³-hybridized carbons (Fsp3) is 0.478. The lowest BCUT2D eigenvalue weighted by molar-refractivity contribution is -0.462.